The molecule has 3 heteroatoms. The summed E-state index contributed by atoms with van der Waals surface area (Å²) < 4.78 is 0. The Labute approximate surface area is 67.6 Å². The Balaban J connectivity index is 4.00. The quantitative estimate of drug-likeness (QED) is 0.645. The van der Waals surface area contributed by atoms with Crippen LogP contribution < -0.4 is 5.73 Å². The molecule has 3 nitrogen and oxygen atoms in total. The maximum Gasteiger partial charge on any atom is 0.320 e. The first-order valence-corrected chi connectivity index (χ1v) is 3.99. The molecule has 0 saturated heterocycles. The number of aliphatic carboxylic acids is 1. The second-order valence-corrected chi connectivity index (χ2v) is 3.11. The van der Waals surface area contributed by atoms with Crippen molar-refractivity contribution in [3.8, 4) is 0 Å². The lowest BCUT2D eigenvalue weighted by molar-refractivity contribution is -0.140. The number of hydrogen-bond acceptors (Lipinski definition) is 2. The number of rotatable bonds is 4. The van der Waals surface area contributed by atoms with Crippen LogP contribution in [0.5, 0.6) is 0 Å². The fraction of sp³-hybridized carbons (Fsp3) is 0.875. The highest BCUT2D eigenvalue weighted by molar-refractivity contribution is 5.73. The van der Waals surface area contributed by atoms with Crippen molar-refractivity contribution in [2.75, 3.05) is 0 Å². The lowest BCUT2D eigenvalue weighted by Crippen LogP contribution is -2.39. The summed E-state index contributed by atoms with van der Waals surface area (Å²) in [6.07, 6.45) is 0.974. The van der Waals surface area contributed by atoms with E-state index in [1.165, 1.54) is 0 Å². The van der Waals surface area contributed by atoms with Crippen LogP contribution in [-0.2, 0) is 4.79 Å². The molecule has 11 heavy (non-hydrogen) atoms. The summed E-state index contributed by atoms with van der Waals surface area (Å²) in [7, 11) is 0. The van der Waals surface area contributed by atoms with Gasteiger partial charge in [-0.15, -0.1) is 0 Å². The van der Waals surface area contributed by atoms with E-state index in [-0.39, 0.29) is 5.92 Å². The third-order valence-electron chi connectivity index (χ3n) is 2.39. The number of carboxylic acids is 1. The molecule has 0 fully saturated rings. The van der Waals surface area contributed by atoms with Gasteiger partial charge in [-0.3, -0.25) is 4.79 Å². The Kier molecular flexibility index (Phi) is 4.11. The molecular formula is C8H17NO2. The van der Waals surface area contributed by atoms with Gasteiger partial charge in [0.05, 0.1) is 0 Å². The summed E-state index contributed by atoms with van der Waals surface area (Å²) in [5, 5.41) is 8.57. The van der Waals surface area contributed by atoms with Gasteiger partial charge in [0.1, 0.15) is 6.04 Å². The van der Waals surface area contributed by atoms with Crippen molar-refractivity contribution in [3.05, 3.63) is 0 Å². The van der Waals surface area contributed by atoms with Gasteiger partial charge >= 0.3 is 5.97 Å². The molecule has 0 spiro atoms. The van der Waals surface area contributed by atoms with Gasteiger partial charge in [0.25, 0.3) is 0 Å². The molecule has 0 aliphatic carbocycles. The van der Waals surface area contributed by atoms with Crippen molar-refractivity contribution in [1.29, 1.82) is 0 Å². The van der Waals surface area contributed by atoms with Crippen molar-refractivity contribution in [3.63, 3.8) is 0 Å². The number of hydrogen-bond donors (Lipinski definition) is 2. The first-order valence-electron chi connectivity index (χ1n) is 3.99. The minimum atomic E-state index is -0.905. The lowest BCUT2D eigenvalue weighted by Gasteiger charge is -2.21. The highest BCUT2D eigenvalue weighted by Gasteiger charge is 2.23. The zero-order chi connectivity index (χ0) is 9.02. The Morgan fingerprint density at radius 1 is 1.55 bits per heavy atom. The average Bonchev–Trinajstić information content (AvgIpc) is 2.00. The standard InChI is InChI=1S/C8H17NO2/c1-4-5(2)6(3)7(9)8(10)11/h5-7H,4,9H2,1-3H3,(H,10,11). The van der Waals surface area contributed by atoms with E-state index in [4.69, 9.17) is 10.8 Å². The van der Waals surface area contributed by atoms with Crippen LogP contribution in [0.15, 0.2) is 0 Å². The Hall–Kier alpha value is -0.570. The zero-order valence-corrected chi connectivity index (χ0v) is 7.37. The van der Waals surface area contributed by atoms with Gasteiger partial charge in [-0.2, -0.15) is 0 Å². The van der Waals surface area contributed by atoms with Gasteiger partial charge in [0.2, 0.25) is 0 Å². The van der Waals surface area contributed by atoms with Gasteiger partial charge in [-0.1, -0.05) is 27.2 Å². The smallest absolute Gasteiger partial charge is 0.320 e. The molecule has 0 aromatic carbocycles. The summed E-state index contributed by atoms with van der Waals surface area (Å²) in [5.74, 6) is -0.476. The average molecular weight is 159 g/mol. The number of nitrogens with two attached hydrogens (primary N) is 1. The summed E-state index contributed by atoms with van der Waals surface area (Å²) in [6.45, 7) is 5.94. The minimum Gasteiger partial charge on any atom is -0.480 e. The summed E-state index contributed by atoms with van der Waals surface area (Å²) in [5.41, 5.74) is 5.44. The number of carboxylic acid groups (broad SMARTS) is 1. The number of carbonyl (C=O) groups is 1. The minimum absolute atomic E-state index is 0.0532. The molecule has 0 aromatic heterocycles. The van der Waals surface area contributed by atoms with E-state index in [9.17, 15) is 4.79 Å². The van der Waals surface area contributed by atoms with E-state index in [2.05, 4.69) is 0 Å². The van der Waals surface area contributed by atoms with Gasteiger partial charge in [-0.25, -0.2) is 0 Å². The van der Waals surface area contributed by atoms with Crippen LogP contribution in [0.3, 0.4) is 0 Å². The predicted molar refractivity (Wildman–Crippen MR) is 44.2 cm³/mol. The maximum absolute atomic E-state index is 10.4. The van der Waals surface area contributed by atoms with Crippen molar-refractivity contribution in [2.24, 2.45) is 17.6 Å². The zero-order valence-electron chi connectivity index (χ0n) is 7.37. The molecule has 0 bridgehead atoms. The van der Waals surface area contributed by atoms with E-state index < -0.39 is 12.0 Å². The van der Waals surface area contributed by atoms with E-state index in [0.29, 0.717) is 5.92 Å². The molecule has 0 heterocycles. The molecule has 3 atom stereocenters. The molecule has 0 aromatic rings. The van der Waals surface area contributed by atoms with Crippen LogP contribution >= 0.6 is 0 Å². The third kappa shape index (κ3) is 2.89. The Morgan fingerprint density at radius 2 is 2.00 bits per heavy atom. The fourth-order valence-electron chi connectivity index (χ4n) is 0.951. The normalized spacial score (nSPS) is 18.9. The molecule has 0 rings (SSSR count). The van der Waals surface area contributed by atoms with Crippen LogP contribution in [0.2, 0.25) is 0 Å². The molecule has 0 aliphatic rings. The van der Waals surface area contributed by atoms with E-state index in [1.807, 2.05) is 20.8 Å². The molecule has 0 radical (unpaired) electrons. The van der Waals surface area contributed by atoms with E-state index in [0.717, 1.165) is 6.42 Å². The molecule has 0 saturated carbocycles. The topological polar surface area (TPSA) is 63.3 Å². The van der Waals surface area contributed by atoms with Crippen LogP contribution in [0.1, 0.15) is 27.2 Å². The third-order valence-corrected chi connectivity index (χ3v) is 2.39. The van der Waals surface area contributed by atoms with E-state index >= 15 is 0 Å². The Bertz CT molecular complexity index is 136. The van der Waals surface area contributed by atoms with E-state index in [1.54, 1.807) is 0 Å². The summed E-state index contributed by atoms with van der Waals surface area (Å²) in [4.78, 5) is 10.4. The molecule has 3 N–H and O–H groups in total. The first kappa shape index (κ1) is 10.4. The van der Waals surface area contributed by atoms with Crippen LogP contribution in [-0.4, -0.2) is 17.1 Å². The van der Waals surface area contributed by atoms with Gasteiger partial charge in [0.15, 0.2) is 0 Å². The molecule has 66 valence electrons. The largest absolute Gasteiger partial charge is 0.480 e. The van der Waals surface area contributed by atoms with Crippen molar-refractivity contribution in [1.82, 2.24) is 0 Å². The second-order valence-electron chi connectivity index (χ2n) is 3.11. The molecule has 0 aliphatic heterocycles. The highest BCUT2D eigenvalue weighted by atomic mass is 16.4. The predicted octanol–water partition coefficient (Wildman–Crippen LogP) is 1.08. The fourth-order valence-corrected chi connectivity index (χ4v) is 0.951. The Morgan fingerprint density at radius 3 is 2.27 bits per heavy atom. The van der Waals surface area contributed by atoms with Crippen molar-refractivity contribution in [2.45, 2.75) is 33.2 Å². The second kappa shape index (κ2) is 4.34. The molecule has 3 unspecified atom stereocenters. The molecular weight excluding hydrogens is 142 g/mol. The highest BCUT2D eigenvalue weighted by Crippen LogP contribution is 2.16. The monoisotopic (exact) mass is 159 g/mol. The summed E-state index contributed by atoms with van der Waals surface area (Å²) in [6, 6.07) is -0.718. The first-order chi connectivity index (χ1) is 5.00. The van der Waals surface area contributed by atoms with Crippen LogP contribution in [0.4, 0.5) is 0 Å². The SMILES string of the molecule is CCC(C)C(C)C(N)C(=O)O. The maximum atomic E-state index is 10.4. The van der Waals surface area contributed by atoms with Crippen molar-refractivity contribution >= 4 is 5.97 Å². The summed E-state index contributed by atoms with van der Waals surface area (Å²) >= 11 is 0. The van der Waals surface area contributed by atoms with Gasteiger partial charge in [0, 0.05) is 0 Å². The van der Waals surface area contributed by atoms with Crippen LogP contribution in [0.25, 0.3) is 0 Å². The van der Waals surface area contributed by atoms with Gasteiger partial charge in [-0.05, 0) is 11.8 Å². The molecule has 0 amide bonds. The van der Waals surface area contributed by atoms with Gasteiger partial charge < -0.3 is 10.8 Å². The van der Waals surface area contributed by atoms with Crippen molar-refractivity contribution < 1.29 is 9.90 Å². The lowest BCUT2D eigenvalue weighted by atomic mass is 9.88. The van der Waals surface area contributed by atoms with Crippen LogP contribution in [0, 0.1) is 11.8 Å².